The number of amides is 2. The van der Waals surface area contributed by atoms with Gasteiger partial charge < -0.3 is 9.80 Å². The molecule has 1 aliphatic carbocycles. The molecule has 148 valence electrons. The molecule has 7 heteroatoms. The molecule has 1 aliphatic heterocycles. The van der Waals surface area contributed by atoms with Crippen LogP contribution in [0.2, 0.25) is 0 Å². The molecule has 6 nitrogen and oxygen atoms in total. The van der Waals surface area contributed by atoms with E-state index in [2.05, 4.69) is 5.10 Å². The summed E-state index contributed by atoms with van der Waals surface area (Å²) in [5.74, 6) is -0.308. The molecule has 0 unspecified atom stereocenters. The molecular weight excluding hydrogens is 359 g/mol. The maximum Gasteiger partial charge on any atom is 0.274 e. The highest BCUT2D eigenvalue weighted by Gasteiger charge is 2.29. The van der Waals surface area contributed by atoms with E-state index >= 15 is 0 Å². The minimum atomic E-state index is -0.291. The highest BCUT2D eigenvalue weighted by molar-refractivity contribution is 5.94. The van der Waals surface area contributed by atoms with Crippen molar-refractivity contribution in [2.75, 3.05) is 26.2 Å². The van der Waals surface area contributed by atoms with Crippen molar-refractivity contribution in [1.82, 2.24) is 19.6 Å². The Morgan fingerprint density at radius 3 is 2.36 bits per heavy atom. The standard InChI is InChI=1S/C21H25FN4O2/c1-15(27)24-11-4-12-25(14-13-24)21(28)20-18-5-2-3-6-19(18)26(23-20)17-9-7-16(22)8-10-17/h7-10H,2-6,11-14H2,1H3. The van der Waals surface area contributed by atoms with Crippen molar-refractivity contribution in [2.24, 2.45) is 0 Å². The summed E-state index contributed by atoms with van der Waals surface area (Å²) in [5.41, 5.74) is 3.36. The highest BCUT2D eigenvalue weighted by Crippen LogP contribution is 2.28. The monoisotopic (exact) mass is 384 g/mol. The Morgan fingerprint density at radius 2 is 1.61 bits per heavy atom. The van der Waals surface area contributed by atoms with Crippen LogP contribution in [0.5, 0.6) is 0 Å². The first kappa shape index (κ1) is 18.7. The van der Waals surface area contributed by atoms with E-state index in [1.165, 1.54) is 12.1 Å². The number of hydrogen-bond donors (Lipinski definition) is 0. The molecular formula is C21H25FN4O2. The zero-order valence-corrected chi connectivity index (χ0v) is 16.2. The minimum Gasteiger partial charge on any atom is -0.341 e. The van der Waals surface area contributed by atoms with E-state index in [4.69, 9.17) is 0 Å². The van der Waals surface area contributed by atoms with Gasteiger partial charge in [-0.1, -0.05) is 0 Å². The second-order valence-electron chi connectivity index (χ2n) is 7.52. The Hall–Kier alpha value is -2.70. The van der Waals surface area contributed by atoms with Gasteiger partial charge in [0, 0.05) is 44.4 Å². The van der Waals surface area contributed by atoms with E-state index in [1.54, 1.807) is 28.6 Å². The lowest BCUT2D eigenvalue weighted by Crippen LogP contribution is -2.37. The largest absolute Gasteiger partial charge is 0.341 e. The molecule has 2 aromatic rings. The SMILES string of the molecule is CC(=O)N1CCCN(C(=O)c2nn(-c3ccc(F)cc3)c3c2CCCC3)CC1. The van der Waals surface area contributed by atoms with Crippen molar-refractivity contribution < 1.29 is 14.0 Å². The second kappa shape index (κ2) is 7.73. The first-order chi connectivity index (χ1) is 13.5. The van der Waals surface area contributed by atoms with Crippen molar-refractivity contribution in [3.8, 4) is 5.69 Å². The normalized spacial score (nSPS) is 17.2. The van der Waals surface area contributed by atoms with Gasteiger partial charge in [-0.2, -0.15) is 5.10 Å². The fourth-order valence-electron chi connectivity index (χ4n) is 4.15. The van der Waals surface area contributed by atoms with Gasteiger partial charge in [0.15, 0.2) is 5.69 Å². The number of hydrogen-bond acceptors (Lipinski definition) is 3. The van der Waals surface area contributed by atoms with Crippen LogP contribution in [0, 0.1) is 5.82 Å². The second-order valence-corrected chi connectivity index (χ2v) is 7.52. The Kier molecular flexibility index (Phi) is 5.15. The Balaban J connectivity index is 1.65. The lowest BCUT2D eigenvalue weighted by atomic mass is 9.95. The molecule has 0 radical (unpaired) electrons. The van der Waals surface area contributed by atoms with E-state index in [0.29, 0.717) is 31.9 Å². The fraction of sp³-hybridized carbons (Fsp3) is 0.476. The van der Waals surface area contributed by atoms with Crippen LogP contribution in [0.4, 0.5) is 4.39 Å². The van der Waals surface area contributed by atoms with Gasteiger partial charge in [0.2, 0.25) is 5.91 Å². The van der Waals surface area contributed by atoms with E-state index in [0.717, 1.165) is 49.0 Å². The maximum absolute atomic E-state index is 13.3. The third kappa shape index (κ3) is 3.53. The average molecular weight is 384 g/mol. The number of carbonyl (C=O) groups excluding carboxylic acids is 2. The number of aromatic nitrogens is 2. The van der Waals surface area contributed by atoms with Crippen LogP contribution in [0.25, 0.3) is 5.69 Å². The summed E-state index contributed by atoms with van der Waals surface area (Å²) < 4.78 is 15.1. The molecule has 2 heterocycles. The molecule has 0 spiro atoms. The lowest BCUT2D eigenvalue weighted by Gasteiger charge is -2.21. The van der Waals surface area contributed by atoms with Gasteiger partial charge in [-0.05, 0) is 56.4 Å². The van der Waals surface area contributed by atoms with Crippen LogP contribution in [-0.2, 0) is 17.6 Å². The molecule has 0 N–H and O–H groups in total. The number of nitrogens with zero attached hydrogens (tertiary/aromatic N) is 4. The van der Waals surface area contributed by atoms with Crippen LogP contribution in [0.3, 0.4) is 0 Å². The molecule has 4 rings (SSSR count). The van der Waals surface area contributed by atoms with Crippen LogP contribution in [0.15, 0.2) is 24.3 Å². The third-order valence-electron chi connectivity index (χ3n) is 5.68. The summed E-state index contributed by atoms with van der Waals surface area (Å²) in [7, 11) is 0. The molecule has 2 aliphatic rings. The van der Waals surface area contributed by atoms with Gasteiger partial charge in [-0.25, -0.2) is 9.07 Å². The number of benzene rings is 1. The van der Waals surface area contributed by atoms with Crippen LogP contribution >= 0.6 is 0 Å². The van der Waals surface area contributed by atoms with E-state index in [1.807, 2.05) is 4.90 Å². The van der Waals surface area contributed by atoms with Crippen molar-refractivity contribution in [1.29, 1.82) is 0 Å². The number of carbonyl (C=O) groups is 2. The van der Waals surface area contributed by atoms with E-state index in [-0.39, 0.29) is 17.6 Å². The third-order valence-corrected chi connectivity index (χ3v) is 5.68. The number of rotatable bonds is 2. The summed E-state index contributed by atoms with van der Waals surface area (Å²) in [6.45, 7) is 3.96. The molecule has 28 heavy (non-hydrogen) atoms. The molecule has 2 amide bonds. The zero-order valence-electron chi connectivity index (χ0n) is 16.2. The fourth-order valence-corrected chi connectivity index (χ4v) is 4.15. The smallest absolute Gasteiger partial charge is 0.274 e. The topological polar surface area (TPSA) is 58.4 Å². The predicted octanol–water partition coefficient (Wildman–Crippen LogP) is 2.58. The van der Waals surface area contributed by atoms with E-state index < -0.39 is 0 Å². The quantitative estimate of drug-likeness (QED) is 0.800. The summed E-state index contributed by atoms with van der Waals surface area (Å²) in [6.07, 6.45) is 4.58. The van der Waals surface area contributed by atoms with Gasteiger partial charge in [0.1, 0.15) is 5.82 Å². The Labute approximate surface area is 163 Å². The van der Waals surface area contributed by atoms with Crippen LogP contribution < -0.4 is 0 Å². The predicted molar refractivity (Wildman–Crippen MR) is 103 cm³/mol. The lowest BCUT2D eigenvalue weighted by molar-refractivity contribution is -0.128. The molecule has 1 saturated heterocycles. The van der Waals surface area contributed by atoms with Gasteiger partial charge in [0.25, 0.3) is 5.91 Å². The van der Waals surface area contributed by atoms with Crippen molar-refractivity contribution in [2.45, 2.75) is 39.0 Å². The van der Waals surface area contributed by atoms with Crippen molar-refractivity contribution >= 4 is 11.8 Å². The zero-order chi connectivity index (χ0) is 19.7. The van der Waals surface area contributed by atoms with Gasteiger partial charge in [-0.3, -0.25) is 9.59 Å². The number of halogens is 1. The summed E-state index contributed by atoms with van der Waals surface area (Å²) in [5, 5.41) is 4.67. The Morgan fingerprint density at radius 1 is 0.929 bits per heavy atom. The van der Waals surface area contributed by atoms with Gasteiger partial charge >= 0.3 is 0 Å². The van der Waals surface area contributed by atoms with Crippen molar-refractivity contribution in [3.05, 3.63) is 47.0 Å². The minimum absolute atomic E-state index is 0.0484. The van der Waals surface area contributed by atoms with Gasteiger partial charge in [-0.15, -0.1) is 0 Å². The van der Waals surface area contributed by atoms with Crippen LogP contribution in [-0.4, -0.2) is 57.6 Å². The average Bonchev–Trinajstić information content (AvgIpc) is 2.90. The van der Waals surface area contributed by atoms with E-state index in [9.17, 15) is 14.0 Å². The highest BCUT2D eigenvalue weighted by atomic mass is 19.1. The number of fused-ring (bicyclic) bond motifs is 1. The molecule has 1 aromatic carbocycles. The first-order valence-electron chi connectivity index (χ1n) is 9.96. The summed E-state index contributed by atoms with van der Waals surface area (Å²) >= 11 is 0. The van der Waals surface area contributed by atoms with Gasteiger partial charge in [0.05, 0.1) is 5.69 Å². The molecule has 1 fully saturated rings. The summed E-state index contributed by atoms with van der Waals surface area (Å²) in [4.78, 5) is 28.5. The maximum atomic E-state index is 13.3. The Bertz CT molecular complexity index is 891. The van der Waals surface area contributed by atoms with Crippen molar-refractivity contribution in [3.63, 3.8) is 0 Å². The first-order valence-corrected chi connectivity index (χ1v) is 9.96. The summed E-state index contributed by atoms with van der Waals surface area (Å²) in [6, 6.07) is 6.22. The molecule has 1 aromatic heterocycles. The molecule has 0 atom stereocenters. The van der Waals surface area contributed by atoms with Crippen LogP contribution in [0.1, 0.15) is 47.9 Å². The molecule has 0 saturated carbocycles. The molecule has 0 bridgehead atoms.